The van der Waals surface area contributed by atoms with Crippen molar-refractivity contribution >= 4 is 0 Å². The lowest BCUT2D eigenvalue weighted by atomic mass is 10.2. The van der Waals surface area contributed by atoms with Gasteiger partial charge in [0.2, 0.25) is 0 Å². The summed E-state index contributed by atoms with van der Waals surface area (Å²) >= 11 is 0. The van der Waals surface area contributed by atoms with Gasteiger partial charge in [0, 0.05) is 19.1 Å². The van der Waals surface area contributed by atoms with Crippen LogP contribution in [0.2, 0.25) is 0 Å². The smallest absolute Gasteiger partial charge is 0.00770 e. The van der Waals surface area contributed by atoms with Crippen LogP contribution < -0.4 is 11.1 Å². The summed E-state index contributed by atoms with van der Waals surface area (Å²) in [7, 11) is 0. The molecule has 0 radical (unpaired) electrons. The maximum Gasteiger partial charge on any atom is 0.00770 e. The lowest BCUT2D eigenvalue weighted by Gasteiger charge is -2.11. The molecule has 1 aliphatic rings. The Hall–Kier alpha value is -0.0800. The lowest BCUT2D eigenvalue weighted by molar-refractivity contribution is 0.484. The SMILES string of the molecule is CC1CC1C(C)NCCN. The standard InChI is InChI=1S/C8H18N2/c1-6-5-8(6)7(2)10-4-3-9/h6-8,10H,3-5,9H2,1-2H3. The van der Waals surface area contributed by atoms with Gasteiger partial charge in [-0.25, -0.2) is 0 Å². The fourth-order valence-electron chi connectivity index (χ4n) is 1.51. The zero-order chi connectivity index (χ0) is 7.56. The van der Waals surface area contributed by atoms with Crippen molar-refractivity contribution in [2.45, 2.75) is 26.3 Å². The summed E-state index contributed by atoms with van der Waals surface area (Å²) in [5.74, 6) is 1.87. The van der Waals surface area contributed by atoms with Crippen LogP contribution in [0.4, 0.5) is 0 Å². The minimum atomic E-state index is 0.679. The molecule has 1 rings (SSSR count). The first kappa shape index (κ1) is 8.02. The van der Waals surface area contributed by atoms with Gasteiger partial charge in [-0.15, -0.1) is 0 Å². The molecule has 0 aromatic rings. The Bertz CT molecular complexity index is 103. The fourth-order valence-corrected chi connectivity index (χ4v) is 1.51. The second-order valence-corrected chi connectivity index (χ2v) is 3.41. The highest BCUT2D eigenvalue weighted by Crippen LogP contribution is 2.40. The molecule has 10 heavy (non-hydrogen) atoms. The monoisotopic (exact) mass is 142 g/mol. The van der Waals surface area contributed by atoms with Gasteiger partial charge in [0.25, 0.3) is 0 Å². The van der Waals surface area contributed by atoms with Crippen molar-refractivity contribution in [3.05, 3.63) is 0 Å². The van der Waals surface area contributed by atoms with Crippen LogP contribution in [0.15, 0.2) is 0 Å². The molecule has 2 nitrogen and oxygen atoms in total. The summed E-state index contributed by atoms with van der Waals surface area (Å²) < 4.78 is 0. The summed E-state index contributed by atoms with van der Waals surface area (Å²) in [4.78, 5) is 0. The van der Waals surface area contributed by atoms with E-state index in [1.807, 2.05) is 0 Å². The predicted molar refractivity (Wildman–Crippen MR) is 43.8 cm³/mol. The minimum absolute atomic E-state index is 0.679. The molecule has 0 aromatic heterocycles. The number of nitrogens with two attached hydrogens (primary N) is 1. The molecule has 0 spiro atoms. The van der Waals surface area contributed by atoms with Crippen LogP contribution in [0.3, 0.4) is 0 Å². The van der Waals surface area contributed by atoms with Crippen molar-refractivity contribution in [2.75, 3.05) is 13.1 Å². The third kappa shape index (κ3) is 1.96. The van der Waals surface area contributed by atoms with Crippen molar-refractivity contribution in [3.63, 3.8) is 0 Å². The summed E-state index contributed by atoms with van der Waals surface area (Å²) in [5, 5.41) is 3.40. The zero-order valence-corrected chi connectivity index (χ0v) is 6.93. The Morgan fingerprint density at radius 2 is 2.30 bits per heavy atom. The fraction of sp³-hybridized carbons (Fsp3) is 1.00. The summed E-state index contributed by atoms with van der Waals surface area (Å²) in [6, 6.07) is 0.679. The summed E-state index contributed by atoms with van der Waals surface area (Å²) in [5.41, 5.74) is 5.37. The van der Waals surface area contributed by atoms with E-state index in [2.05, 4.69) is 19.2 Å². The number of rotatable bonds is 4. The van der Waals surface area contributed by atoms with E-state index in [0.29, 0.717) is 6.04 Å². The van der Waals surface area contributed by atoms with E-state index >= 15 is 0 Å². The van der Waals surface area contributed by atoms with E-state index in [1.165, 1.54) is 6.42 Å². The van der Waals surface area contributed by atoms with Gasteiger partial charge in [-0.2, -0.15) is 0 Å². The Kier molecular flexibility index (Phi) is 2.69. The molecule has 1 aliphatic carbocycles. The Labute approximate surface area is 63.2 Å². The van der Waals surface area contributed by atoms with Crippen molar-refractivity contribution in [1.29, 1.82) is 0 Å². The predicted octanol–water partition coefficient (Wildman–Crippen LogP) is 0.579. The van der Waals surface area contributed by atoms with Crippen molar-refractivity contribution in [3.8, 4) is 0 Å². The third-order valence-electron chi connectivity index (χ3n) is 2.42. The molecular formula is C8H18N2. The topological polar surface area (TPSA) is 38.0 Å². The van der Waals surface area contributed by atoms with Crippen molar-refractivity contribution in [1.82, 2.24) is 5.32 Å². The van der Waals surface area contributed by atoms with Crippen LogP contribution in [0, 0.1) is 11.8 Å². The number of nitrogens with one attached hydrogen (secondary N) is 1. The first-order valence-electron chi connectivity index (χ1n) is 4.19. The molecule has 0 aliphatic heterocycles. The van der Waals surface area contributed by atoms with Crippen LogP contribution >= 0.6 is 0 Å². The molecule has 0 amide bonds. The van der Waals surface area contributed by atoms with Gasteiger partial charge in [0.15, 0.2) is 0 Å². The molecule has 1 saturated carbocycles. The minimum Gasteiger partial charge on any atom is -0.329 e. The van der Waals surface area contributed by atoms with Crippen LogP contribution in [0.5, 0.6) is 0 Å². The lowest BCUT2D eigenvalue weighted by Crippen LogP contribution is -2.32. The van der Waals surface area contributed by atoms with Gasteiger partial charge in [0.05, 0.1) is 0 Å². The molecular weight excluding hydrogens is 124 g/mol. The molecule has 0 heterocycles. The van der Waals surface area contributed by atoms with Crippen molar-refractivity contribution in [2.24, 2.45) is 17.6 Å². The molecule has 0 bridgehead atoms. The molecule has 0 saturated heterocycles. The van der Waals surface area contributed by atoms with E-state index in [0.717, 1.165) is 24.9 Å². The Balaban J connectivity index is 2.04. The molecule has 3 atom stereocenters. The normalized spacial score (nSPS) is 33.9. The van der Waals surface area contributed by atoms with E-state index in [4.69, 9.17) is 5.73 Å². The number of hydrogen-bond donors (Lipinski definition) is 2. The van der Waals surface area contributed by atoms with Crippen LogP contribution in [-0.2, 0) is 0 Å². The largest absolute Gasteiger partial charge is 0.329 e. The van der Waals surface area contributed by atoms with Gasteiger partial charge in [-0.1, -0.05) is 6.92 Å². The van der Waals surface area contributed by atoms with Crippen LogP contribution in [0.25, 0.3) is 0 Å². The van der Waals surface area contributed by atoms with Gasteiger partial charge < -0.3 is 11.1 Å². The summed E-state index contributed by atoms with van der Waals surface area (Å²) in [6.45, 7) is 6.28. The maximum absolute atomic E-state index is 5.37. The first-order chi connectivity index (χ1) is 4.75. The highest BCUT2D eigenvalue weighted by atomic mass is 14.9. The molecule has 0 aromatic carbocycles. The zero-order valence-electron chi connectivity index (χ0n) is 6.93. The molecule has 3 unspecified atom stereocenters. The maximum atomic E-state index is 5.37. The van der Waals surface area contributed by atoms with Gasteiger partial charge in [0.1, 0.15) is 0 Å². The highest BCUT2D eigenvalue weighted by molar-refractivity contribution is 4.89. The number of hydrogen-bond acceptors (Lipinski definition) is 2. The Morgan fingerprint density at radius 3 is 2.70 bits per heavy atom. The van der Waals surface area contributed by atoms with Gasteiger partial charge in [-0.3, -0.25) is 0 Å². The van der Waals surface area contributed by atoms with Crippen molar-refractivity contribution < 1.29 is 0 Å². The first-order valence-corrected chi connectivity index (χ1v) is 4.19. The third-order valence-corrected chi connectivity index (χ3v) is 2.42. The Morgan fingerprint density at radius 1 is 1.70 bits per heavy atom. The quantitative estimate of drug-likeness (QED) is 0.602. The van der Waals surface area contributed by atoms with Crippen LogP contribution in [0.1, 0.15) is 20.3 Å². The average Bonchev–Trinajstić information content (AvgIpc) is 2.62. The van der Waals surface area contributed by atoms with Crippen LogP contribution in [-0.4, -0.2) is 19.1 Å². The average molecular weight is 142 g/mol. The second-order valence-electron chi connectivity index (χ2n) is 3.41. The van der Waals surface area contributed by atoms with E-state index in [1.54, 1.807) is 0 Å². The second kappa shape index (κ2) is 3.35. The van der Waals surface area contributed by atoms with E-state index in [-0.39, 0.29) is 0 Å². The summed E-state index contributed by atoms with van der Waals surface area (Å²) in [6.07, 6.45) is 1.40. The molecule has 2 heteroatoms. The molecule has 3 N–H and O–H groups in total. The van der Waals surface area contributed by atoms with E-state index in [9.17, 15) is 0 Å². The van der Waals surface area contributed by atoms with Gasteiger partial charge in [-0.05, 0) is 25.2 Å². The molecule has 60 valence electrons. The van der Waals surface area contributed by atoms with E-state index < -0.39 is 0 Å². The molecule has 1 fully saturated rings. The van der Waals surface area contributed by atoms with Gasteiger partial charge >= 0.3 is 0 Å². The highest BCUT2D eigenvalue weighted by Gasteiger charge is 2.36.